The van der Waals surface area contributed by atoms with Crippen LogP contribution in [0.25, 0.3) is 0 Å². The number of nitrogens with zero attached hydrogens (tertiary/aromatic N) is 1. The molecule has 0 bridgehead atoms. The van der Waals surface area contributed by atoms with Gasteiger partial charge in [0.1, 0.15) is 0 Å². The van der Waals surface area contributed by atoms with Crippen molar-refractivity contribution >= 4 is 0 Å². The highest BCUT2D eigenvalue weighted by Gasteiger charge is 1.98. The second-order valence-electron chi connectivity index (χ2n) is 2.97. The Hall–Kier alpha value is -0.760. The molecule has 0 unspecified atom stereocenters. The van der Waals surface area contributed by atoms with Crippen molar-refractivity contribution in [1.29, 1.82) is 0 Å². The molecule has 68 valence electrons. The van der Waals surface area contributed by atoms with Gasteiger partial charge >= 0.3 is 0 Å². The lowest BCUT2D eigenvalue weighted by Gasteiger charge is -2.06. The van der Waals surface area contributed by atoms with Gasteiger partial charge in [0.15, 0.2) is 0 Å². The van der Waals surface area contributed by atoms with Gasteiger partial charge in [0.25, 0.3) is 0 Å². The van der Waals surface area contributed by atoms with Crippen LogP contribution in [0.4, 0.5) is 0 Å². The van der Waals surface area contributed by atoms with Crippen molar-refractivity contribution in [3.05, 3.63) is 23.5 Å². The van der Waals surface area contributed by atoms with Gasteiger partial charge < -0.3 is 9.30 Å². The lowest BCUT2D eigenvalue weighted by Crippen LogP contribution is -2.06. The van der Waals surface area contributed by atoms with Crippen LogP contribution in [0, 0.1) is 13.8 Å². The number of ether oxygens (including phenoxy) is 1. The summed E-state index contributed by atoms with van der Waals surface area (Å²) in [4.78, 5) is 0. The summed E-state index contributed by atoms with van der Waals surface area (Å²) < 4.78 is 7.51. The van der Waals surface area contributed by atoms with Crippen molar-refractivity contribution in [1.82, 2.24) is 4.57 Å². The normalized spacial score (nSPS) is 10.6. The second kappa shape index (κ2) is 4.31. The SMILES string of the molecule is CCOCCn1ccc(C)c1C. The van der Waals surface area contributed by atoms with Crippen LogP contribution < -0.4 is 0 Å². The van der Waals surface area contributed by atoms with E-state index in [0.717, 1.165) is 19.8 Å². The van der Waals surface area contributed by atoms with Crippen LogP contribution in [0.3, 0.4) is 0 Å². The van der Waals surface area contributed by atoms with E-state index in [4.69, 9.17) is 4.74 Å². The summed E-state index contributed by atoms with van der Waals surface area (Å²) in [6.45, 7) is 8.87. The molecule has 1 heterocycles. The maximum Gasteiger partial charge on any atom is 0.0645 e. The predicted octanol–water partition coefficient (Wildman–Crippen LogP) is 2.14. The van der Waals surface area contributed by atoms with E-state index in [0.29, 0.717) is 0 Å². The summed E-state index contributed by atoms with van der Waals surface area (Å²) in [5.74, 6) is 0. The molecule has 1 rings (SSSR count). The molecule has 0 aliphatic heterocycles. The summed E-state index contributed by atoms with van der Waals surface area (Å²) in [7, 11) is 0. The fraction of sp³-hybridized carbons (Fsp3) is 0.600. The number of aryl methyl sites for hydroxylation is 1. The van der Waals surface area contributed by atoms with Gasteiger partial charge in [0, 0.05) is 25.0 Å². The minimum absolute atomic E-state index is 0.805. The van der Waals surface area contributed by atoms with Gasteiger partial charge in [-0.1, -0.05) is 0 Å². The van der Waals surface area contributed by atoms with Gasteiger partial charge in [-0.15, -0.1) is 0 Å². The highest BCUT2D eigenvalue weighted by atomic mass is 16.5. The molecule has 0 atom stereocenters. The van der Waals surface area contributed by atoms with E-state index >= 15 is 0 Å². The van der Waals surface area contributed by atoms with Crippen molar-refractivity contribution in [2.24, 2.45) is 0 Å². The first-order chi connectivity index (χ1) is 5.75. The van der Waals surface area contributed by atoms with Gasteiger partial charge in [0.05, 0.1) is 6.61 Å². The lowest BCUT2D eigenvalue weighted by atomic mass is 10.3. The number of rotatable bonds is 4. The molecule has 2 nitrogen and oxygen atoms in total. The van der Waals surface area contributed by atoms with E-state index in [2.05, 4.69) is 30.7 Å². The molecule has 0 aliphatic carbocycles. The highest BCUT2D eigenvalue weighted by molar-refractivity contribution is 5.18. The molecule has 0 aliphatic rings. The van der Waals surface area contributed by atoms with Crippen molar-refractivity contribution < 1.29 is 4.74 Å². The monoisotopic (exact) mass is 167 g/mol. The summed E-state index contributed by atoms with van der Waals surface area (Å²) >= 11 is 0. The van der Waals surface area contributed by atoms with E-state index in [1.165, 1.54) is 11.3 Å². The molecule has 12 heavy (non-hydrogen) atoms. The molecular weight excluding hydrogens is 150 g/mol. The minimum atomic E-state index is 0.805. The molecule has 0 N–H and O–H groups in total. The summed E-state index contributed by atoms with van der Waals surface area (Å²) in [6.07, 6.45) is 2.11. The van der Waals surface area contributed by atoms with Crippen LogP contribution in [0.2, 0.25) is 0 Å². The zero-order valence-corrected chi connectivity index (χ0v) is 8.13. The van der Waals surface area contributed by atoms with Gasteiger partial charge in [-0.25, -0.2) is 0 Å². The zero-order valence-electron chi connectivity index (χ0n) is 8.13. The smallest absolute Gasteiger partial charge is 0.0645 e. The Bertz CT molecular complexity index is 240. The third-order valence-electron chi connectivity index (χ3n) is 2.19. The maximum absolute atomic E-state index is 5.28. The first kappa shape index (κ1) is 9.33. The third-order valence-corrected chi connectivity index (χ3v) is 2.19. The van der Waals surface area contributed by atoms with Gasteiger partial charge in [-0.3, -0.25) is 0 Å². The Labute approximate surface area is 74.2 Å². The van der Waals surface area contributed by atoms with Crippen LogP contribution in [0.1, 0.15) is 18.2 Å². The van der Waals surface area contributed by atoms with E-state index in [-0.39, 0.29) is 0 Å². The average Bonchev–Trinajstić information content (AvgIpc) is 2.36. The number of hydrogen-bond acceptors (Lipinski definition) is 1. The molecule has 1 aromatic heterocycles. The first-order valence-electron chi connectivity index (χ1n) is 4.45. The topological polar surface area (TPSA) is 14.2 Å². The Morgan fingerprint density at radius 3 is 2.67 bits per heavy atom. The number of hydrogen-bond donors (Lipinski definition) is 0. The minimum Gasteiger partial charge on any atom is -0.380 e. The van der Waals surface area contributed by atoms with Crippen LogP contribution in [-0.4, -0.2) is 17.8 Å². The molecule has 0 saturated heterocycles. The molecule has 2 heteroatoms. The number of aromatic nitrogens is 1. The van der Waals surface area contributed by atoms with Gasteiger partial charge in [-0.05, 0) is 32.4 Å². The Balaban J connectivity index is 2.46. The Morgan fingerprint density at radius 1 is 1.42 bits per heavy atom. The largest absolute Gasteiger partial charge is 0.380 e. The van der Waals surface area contributed by atoms with Gasteiger partial charge in [-0.2, -0.15) is 0 Å². The highest BCUT2D eigenvalue weighted by Crippen LogP contribution is 2.07. The third kappa shape index (κ3) is 2.11. The van der Waals surface area contributed by atoms with Crippen LogP contribution >= 0.6 is 0 Å². The standard InChI is InChI=1S/C10H17NO/c1-4-12-8-7-11-6-5-9(2)10(11)3/h5-6H,4,7-8H2,1-3H3. The van der Waals surface area contributed by atoms with Crippen molar-refractivity contribution in [3.8, 4) is 0 Å². The molecule has 0 fully saturated rings. The fourth-order valence-electron chi connectivity index (χ4n) is 1.21. The van der Waals surface area contributed by atoms with Crippen LogP contribution in [0.15, 0.2) is 12.3 Å². The lowest BCUT2D eigenvalue weighted by molar-refractivity contribution is 0.138. The van der Waals surface area contributed by atoms with E-state index in [1.54, 1.807) is 0 Å². The van der Waals surface area contributed by atoms with Crippen molar-refractivity contribution in [2.75, 3.05) is 13.2 Å². The summed E-state index contributed by atoms with van der Waals surface area (Å²) in [5, 5.41) is 0. The van der Waals surface area contributed by atoms with Crippen molar-refractivity contribution in [2.45, 2.75) is 27.3 Å². The second-order valence-corrected chi connectivity index (χ2v) is 2.97. The molecule has 0 amide bonds. The van der Waals surface area contributed by atoms with E-state index in [9.17, 15) is 0 Å². The molecule has 1 aromatic rings. The Kier molecular flexibility index (Phi) is 3.35. The summed E-state index contributed by atoms with van der Waals surface area (Å²) in [5.41, 5.74) is 2.70. The van der Waals surface area contributed by atoms with Crippen LogP contribution in [0.5, 0.6) is 0 Å². The van der Waals surface area contributed by atoms with Crippen molar-refractivity contribution in [3.63, 3.8) is 0 Å². The molecular formula is C10H17NO. The molecule has 0 spiro atoms. The molecule has 0 saturated carbocycles. The first-order valence-corrected chi connectivity index (χ1v) is 4.45. The zero-order chi connectivity index (χ0) is 8.97. The van der Waals surface area contributed by atoms with Gasteiger partial charge in [0.2, 0.25) is 0 Å². The molecule has 0 radical (unpaired) electrons. The fourth-order valence-corrected chi connectivity index (χ4v) is 1.21. The quantitative estimate of drug-likeness (QED) is 0.627. The maximum atomic E-state index is 5.28. The Morgan fingerprint density at radius 2 is 2.17 bits per heavy atom. The van der Waals surface area contributed by atoms with E-state index in [1.807, 2.05) is 6.92 Å². The predicted molar refractivity (Wildman–Crippen MR) is 50.4 cm³/mol. The average molecular weight is 167 g/mol. The summed E-state index contributed by atoms with van der Waals surface area (Å²) in [6, 6.07) is 2.14. The molecule has 0 aromatic carbocycles. The van der Waals surface area contributed by atoms with Crippen LogP contribution in [-0.2, 0) is 11.3 Å². The van der Waals surface area contributed by atoms with E-state index < -0.39 is 0 Å².